The minimum absolute atomic E-state index is 0.148. The van der Waals surface area contributed by atoms with Crippen molar-refractivity contribution in [2.45, 2.75) is 25.7 Å². The van der Waals surface area contributed by atoms with Crippen LogP contribution in [-0.2, 0) is 28.8 Å². The molecule has 0 atom stereocenters. The summed E-state index contributed by atoms with van der Waals surface area (Å²) < 4.78 is 16.0. The fraction of sp³-hybridized carbons (Fsp3) is 0.571. The van der Waals surface area contributed by atoms with E-state index in [2.05, 4.69) is 15.1 Å². The average Bonchev–Trinajstić information content (AvgIpc) is 3.23. The van der Waals surface area contributed by atoms with E-state index in [0.717, 1.165) is 51.5 Å². The molecule has 1 amide bonds. The molecular formula is C21H30N4O4. The number of amides is 1. The lowest BCUT2D eigenvalue weighted by molar-refractivity contribution is -0.133. The topological polar surface area (TPSA) is 80.9 Å². The predicted octanol–water partition coefficient (Wildman–Crippen LogP) is 1.59. The fourth-order valence-corrected chi connectivity index (χ4v) is 3.35. The third kappa shape index (κ3) is 6.54. The summed E-state index contributed by atoms with van der Waals surface area (Å²) in [7, 11) is 3.37. The molecule has 0 radical (unpaired) electrons. The van der Waals surface area contributed by atoms with E-state index in [9.17, 15) is 4.79 Å². The van der Waals surface area contributed by atoms with Crippen LogP contribution in [0.15, 0.2) is 28.7 Å². The predicted molar refractivity (Wildman–Crippen MR) is 108 cm³/mol. The Bertz CT molecular complexity index is 754. The summed E-state index contributed by atoms with van der Waals surface area (Å²) >= 11 is 0. The van der Waals surface area contributed by atoms with Gasteiger partial charge in [0, 0.05) is 59.1 Å². The largest absolute Gasteiger partial charge is 0.497 e. The van der Waals surface area contributed by atoms with Crippen molar-refractivity contribution in [3.05, 3.63) is 41.6 Å². The molecule has 8 heteroatoms. The number of hydrogen-bond donors (Lipinski definition) is 0. The molecule has 1 saturated heterocycles. The summed E-state index contributed by atoms with van der Waals surface area (Å²) in [5, 5.41) is 8.20. The van der Waals surface area contributed by atoms with Crippen LogP contribution < -0.4 is 4.74 Å². The standard InChI is InChI=1S/C21H30N4O4/c1-27-16-15-24-11-13-25(14-12-24)21(26)10-9-20-23-22-19(29-20)8-5-17-3-6-18(28-2)7-4-17/h3-4,6-7H,5,8-16H2,1-2H3. The second-order valence-electron chi connectivity index (χ2n) is 7.15. The van der Waals surface area contributed by atoms with E-state index in [-0.39, 0.29) is 5.91 Å². The molecule has 0 saturated carbocycles. The summed E-state index contributed by atoms with van der Waals surface area (Å²) in [5.41, 5.74) is 1.19. The minimum atomic E-state index is 0.148. The van der Waals surface area contributed by atoms with E-state index >= 15 is 0 Å². The monoisotopic (exact) mass is 402 g/mol. The first-order chi connectivity index (χ1) is 14.2. The molecule has 0 bridgehead atoms. The molecule has 1 aliphatic heterocycles. The number of aryl methyl sites for hydroxylation is 3. The number of aromatic nitrogens is 2. The van der Waals surface area contributed by atoms with Crippen molar-refractivity contribution >= 4 is 5.91 Å². The number of rotatable bonds is 10. The van der Waals surface area contributed by atoms with Crippen LogP contribution >= 0.6 is 0 Å². The maximum Gasteiger partial charge on any atom is 0.223 e. The van der Waals surface area contributed by atoms with E-state index in [0.29, 0.717) is 31.0 Å². The summed E-state index contributed by atoms with van der Waals surface area (Å²) in [4.78, 5) is 16.7. The van der Waals surface area contributed by atoms with Gasteiger partial charge in [-0.25, -0.2) is 0 Å². The quantitative estimate of drug-likeness (QED) is 0.597. The van der Waals surface area contributed by atoms with E-state index in [4.69, 9.17) is 13.9 Å². The third-order valence-electron chi connectivity index (χ3n) is 5.18. The smallest absolute Gasteiger partial charge is 0.223 e. The molecule has 0 N–H and O–H groups in total. The van der Waals surface area contributed by atoms with Gasteiger partial charge in [-0.15, -0.1) is 10.2 Å². The Labute approximate surface area is 171 Å². The summed E-state index contributed by atoms with van der Waals surface area (Å²) in [6, 6.07) is 7.95. The third-order valence-corrected chi connectivity index (χ3v) is 5.18. The van der Waals surface area contributed by atoms with Crippen LogP contribution in [-0.4, -0.2) is 79.5 Å². The van der Waals surface area contributed by atoms with Crippen molar-refractivity contribution in [2.24, 2.45) is 0 Å². The van der Waals surface area contributed by atoms with Gasteiger partial charge < -0.3 is 18.8 Å². The molecule has 1 fully saturated rings. The minimum Gasteiger partial charge on any atom is -0.497 e. The molecular weight excluding hydrogens is 372 g/mol. The summed E-state index contributed by atoms with van der Waals surface area (Å²) in [6.07, 6.45) is 2.38. The number of carbonyl (C=O) groups is 1. The van der Waals surface area contributed by atoms with Crippen molar-refractivity contribution in [1.29, 1.82) is 0 Å². The Morgan fingerprint density at radius 2 is 1.69 bits per heavy atom. The van der Waals surface area contributed by atoms with Gasteiger partial charge in [-0.2, -0.15) is 0 Å². The first-order valence-electron chi connectivity index (χ1n) is 10.1. The fourth-order valence-electron chi connectivity index (χ4n) is 3.35. The van der Waals surface area contributed by atoms with Crippen LogP contribution in [0.2, 0.25) is 0 Å². The molecule has 29 heavy (non-hydrogen) atoms. The van der Waals surface area contributed by atoms with Crippen molar-refractivity contribution in [3.63, 3.8) is 0 Å². The molecule has 0 aliphatic carbocycles. The highest BCUT2D eigenvalue weighted by atomic mass is 16.5. The maximum absolute atomic E-state index is 12.4. The van der Waals surface area contributed by atoms with Gasteiger partial charge in [0.2, 0.25) is 17.7 Å². The molecule has 1 aromatic carbocycles. The van der Waals surface area contributed by atoms with E-state index < -0.39 is 0 Å². The SMILES string of the molecule is COCCN1CCN(C(=O)CCc2nnc(CCc3ccc(OC)cc3)o2)CC1. The van der Waals surface area contributed by atoms with Gasteiger partial charge in [0.1, 0.15) is 5.75 Å². The normalized spacial score (nSPS) is 14.9. The second kappa shape index (κ2) is 10.9. The number of nitrogens with zero attached hydrogens (tertiary/aromatic N) is 4. The number of carbonyl (C=O) groups excluding carboxylic acids is 1. The van der Waals surface area contributed by atoms with Gasteiger partial charge in [-0.1, -0.05) is 12.1 Å². The highest BCUT2D eigenvalue weighted by Gasteiger charge is 2.21. The van der Waals surface area contributed by atoms with Gasteiger partial charge in [0.25, 0.3) is 0 Å². The summed E-state index contributed by atoms with van der Waals surface area (Å²) in [5.74, 6) is 2.13. The van der Waals surface area contributed by atoms with Crippen LogP contribution in [0.3, 0.4) is 0 Å². The molecule has 8 nitrogen and oxygen atoms in total. The molecule has 1 aromatic heterocycles. The van der Waals surface area contributed by atoms with Crippen molar-refractivity contribution in [1.82, 2.24) is 20.0 Å². The number of piperazine rings is 1. The Morgan fingerprint density at radius 3 is 2.34 bits per heavy atom. The lowest BCUT2D eigenvalue weighted by Gasteiger charge is -2.34. The van der Waals surface area contributed by atoms with E-state index in [1.165, 1.54) is 5.56 Å². The lowest BCUT2D eigenvalue weighted by Crippen LogP contribution is -2.49. The summed E-state index contributed by atoms with van der Waals surface area (Å²) in [6.45, 7) is 4.96. The molecule has 1 aliphatic rings. The van der Waals surface area contributed by atoms with Crippen LogP contribution in [0.25, 0.3) is 0 Å². The van der Waals surface area contributed by atoms with Gasteiger partial charge in [0.05, 0.1) is 13.7 Å². The van der Waals surface area contributed by atoms with Crippen molar-refractivity contribution < 1.29 is 18.7 Å². The van der Waals surface area contributed by atoms with Crippen LogP contribution in [0.4, 0.5) is 0 Å². The Kier molecular flexibility index (Phi) is 8.01. The maximum atomic E-state index is 12.4. The van der Waals surface area contributed by atoms with E-state index in [1.54, 1.807) is 14.2 Å². The highest BCUT2D eigenvalue weighted by molar-refractivity contribution is 5.76. The van der Waals surface area contributed by atoms with Crippen LogP contribution in [0, 0.1) is 0 Å². The zero-order chi connectivity index (χ0) is 20.5. The zero-order valence-corrected chi connectivity index (χ0v) is 17.3. The number of benzene rings is 1. The van der Waals surface area contributed by atoms with Gasteiger partial charge in [-0.3, -0.25) is 9.69 Å². The first-order valence-corrected chi connectivity index (χ1v) is 10.1. The van der Waals surface area contributed by atoms with Gasteiger partial charge >= 0.3 is 0 Å². The first kappa shape index (κ1) is 21.3. The van der Waals surface area contributed by atoms with Gasteiger partial charge in [0.15, 0.2) is 0 Å². The number of ether oxygens (including phenoxy) is 2. The average molecular weight is 402 g/mol. The number of hydrogen-bond acceptors (Lipinski definition) is 7. The van der Waals surface area contributed by atoms with Gasteiger partial charge in [-0.05, 0) is 24.1 Å². The highest BCUT2D eigenvalue weighted by Crippen LogP contribution is 2.14. The zero-order valence-electron chi connectivity index (χ0n) is 17.3. The molecule has 158 valence electrons. The van der Waals surface area contributed by atoms with Crippen LogP contribution in [0.5, 0.6) is 5.75 Å². The second-order valence-corrected chi connectivity index (χ2v) is 7.15. The molecule has 2 heterocycles. The molecule has 3 rings (SSSR count). The molecule has 0 spiro atoms. The molecule has 2 aromatic rings. The Morgan fingerprint density at radius 1 is 1.00 bits per heavy atom. The van der Waals surface area contributed by atoms with Crippen molar-refractivity contribution in [2.75, 3.05) is 53.6 Å². The lowest BCUT2D eigenvalue weighted by atomic mass is 10.1. The van der Waals surface area contributed by atoms with E-state index in [1.807, 2.05) is 29.2 Å². The van der Waals surface area contributed by atoms with Crippen molar-refractivity contribution in [3.8, 4) is 5.75 Å². The Hall–Kier alpha value is -2.45. The molecule has 0 unspecified atom stereocenters. The Balaban J connectivity index is 1.38. The number of methoxy groups -OCH3 is 2. The van der Waals surface area contributed by atoms with Crippen LogP contribution in [0.1, 0.15) is 23.8 Å².